The van der Waals surface area contributed by atoms with Crippen LogP contribution >= 0.6 is 0 Å². The Balaban J connectivity index is 1.38. The normalized spacial score (nSPS) is 15.7. The number of primary amides is 1. The summed E-state index contributed by atoms with van der Waals surface area (Å²) in [6, 6.07) is 8.16. The molecule has 1 aliphatic rings. The molecule has 4 atom stereocenters. The molecule has 1 unspecified atom stereocenters. The first-order valence-electron chi connectivity index (χ1n) is 15.2. The summed E-state index contributed by atoms with van der Waals surface area (Å²) in [4.78, 5) is 73.1. The van der Waals surface area contributed by atoms with Gasteiger partial charge in [-0.2, -0.15) is 0 Å². The van der Waals surface area contributed by atoms with E-state index in [-0.39, 0.29) is 38.3 Å². The number of fused-ring (bicyclic) bond motifs is 1. The first-order valence-corrected chi connectivity index (χ1v) is 15.2. The van der Waals surface area contributed by atoms with Crippen molar-refractivity contribution in [1.29, 1.82) is 0 Å². The van der Waals surface area contributed by atoms with E-state index in [1.54, 1.807) is 12.3 Å². The van der Waals surface area contributed by atoms with E-state index in [0.717, 1.165) is 16.5 Å². The fourth-order valence-corrected chi connectivity index (χ4v) is 5.28. The Labute approximate surface area is 275 Å². The molecule has 1 aromatic heterocycles. The van der Waals surface area contributed by atoms with Gasteiger partial charge < -0.3 is 48.8 Å². The smallest absolute Gasteiger partial charge is 0.247 e. The summed E-state index contributed by atoms with van der Waals surface area (Å²) in [5, 5.41) is 8.55. The average Bonchev–Trinajstić information content (AvgIpc) is 3.72. The molecule has 0 fully saturated rings. The molecule has 0 spiro atoms. The predicted octanol–water partition coefficient (Wildman–Crippen LogP) is -1.06. The van der Waals surface area contributed by atoms with Gasteiger partial charge >= 0.3 is 0 Å². The number of rotatable bonds is 15. The summed E-state index contributed by atoms with van der Waals surface area (Å²) >= 11 is 0. The van der Waals surface area contributed by atoms with Crippen LogP contribution in [0.15, 0.2) is 71.9 Å². The minimum atomic E-state index is -1.15. The van der Waals surface area contributed by atoms with Crippen LogP contribution in [0.1, 0.15) is 30.0 Å². The highest BCUT2D eigenvalue weighted by molar-refractivity contribution is 5.96. The van der Waals surface area contributed by atoms with Crippen molar-refractivity contribution >= 4 is 46.4 Å². The Morgan fingerprint density at radius 1 is 1.00 bits per heavy atom. The van der Waals surface area contributed by atoms with E-state index in [2.05, 4.69) is 25.9 Å². The van der Waals surface area contributed by atoms with Crippen molar-refractivity contribution in [3.05, 3.63) is 83.8 Å². The fourth-order valence-electron chi connectivity index (χ4n) is 5.28. The molecule has 12 N–H and O–H groups in total. The lowest BCUT2D eigenvalue weighted by molar-refractivity contribution is -0.139. The van der Waals surface area contributed by atoms with Crippen LogP contribution in [0.2, 0.25) is 0 Å². The third-order valence-corrected chi connectivity index (χ3v) is 7.78. The second-order valence-corrected chi connectivity index (χ2v) is 11.2. The zero-order valence-electron chi connectivity index (χ0n) is 26.0. The molecule has 0 aliphatic carbocycles. The Kier molecular flexibility index (Phi) is 11.8. The van der Waals surface area contributed by atoms with Gasteiger partial charge in [0.2, 0.25) is 29.5 Å². The van der Waals surface area contributed by atoms with Gasteiger partial charge in [-0.25, -0.2) is 4.39 Å². The summed E-state index contributed by atoms with van der Waals surface area (Å²) < 4.78 is 13.4. The number of benzene rings is 2. The SMILES string of the molecule is NC(=O)[C@H](Cc1c[nH]c2ccccc12)NC(=O)CNC(=O)[C@H](CCCN=C(N)N)NC(=O)[C@@H]1C=CCN1C(=O)C(N)c1ccc(F)cc1. The number of para-hydroxylation sites is 1. The van der Waals surface area contributed by atoms with E-state index in [0.29, 0.717) is 5.56 Å². The van der Waals surface area contributed by atoms with Gasteiger partial charge in [-0.3, -0.25) is 29.0 Å². The molecule has 2 aromatic carbocycles. The van der Waals surface area contributed by atoms with Crippen molar-refractivity contribution in [2.75, 3.05) is 19.6 Å². The van der Waals surface area contributed by atoms with Gasteiger partial charge in [-0.05, 0) is 42.2 Å². The maximum Gasteiger partial charge on any atom is 0.247 e. The number of amides is 5. The Bertz CT molecular complexity index is 1700. The van der Waals surface area contributed by atoms with E-state index < -0.39 is 66.1 Å². The highest BCUT2D eigenvalue weighted by Gasteiger charge is 2.35. The van der Waals surface area contributed by atoms with Gasteiger partial charge in [0.05, 0.1) is 6.54 Å². The summed E-state index contributed by atoms with van der Waals surface area (Å²) in [5.74, 6) is -4.00. The van der Waals surface area contributed by atoms with Crippen LogP contribution in [0.3, 0.4) is 0 Å². The van der Waals surface area contributed by atoms with Crippen molar-refractivity contribution in [2.24, 2.45) is 27.9 Å². The predicted molar refractivity (Wildman–Crippen MR) is 176 cm³/mol. The quantitative estimate of drug-likeness (QED) is 0.0430. The third-order valence-electron chi connectivity index (χ3n) is 7.78. The topological polar surface area (TPSA) is 257 Å². The Hall–Kier alpha value is -5.77. The number of hydrogen-bond acceptors (Lipinski definition) is 7. The molecule has 0 radical (unpaired) electrons. The van der Waals surface area contributed by atoms with Gasteiger partial charge in [-0.1, -0.05) is 42.5 Å². The number of guanidine groups is 1. The van der Waals surface area contributed by atoms with E-state index in [1.165, 1.54) is 35.2 Å². The molecule has 48 heavy (non-hydrogen) atoms. The van der Waals surface area contributed by atoms with Gasteiger partial charge in [0.1, 0.15) is 30.0 Å². The minimum Gasteiger partial charge on any atom is -0.370 e. The van der Waals surface area contributed by atoms with Crippen molar-refractivity contribution in [3.63, 3.8) is 0 Å². The lowest BCUT2D eigenvalue weighted by Crippen LogP contribution is -2.55. The number of nitrogens with zero attached hydrogens (tertiary/aromatic N) is 2. The van der Waals surface area contributed by atoms with Gasteiger partial charge in [-0.15, -0.1) is 0 Å². The maximum absolute atomic E-state index is 13.4. The first kappa shape index (κ1) is 35.1. The highest BCUT2D eigenvalue weighted by atomic mass is 19.1. The van der Waals surface area contributed by atoms with Crippen LogP contribution in [0.5, 0.6) is 0 Å². The second kappa shape index (κ2) is 16.2. The molecular formula is C32H39FN10O5. The lowest BCUT2D eigenvalue weighted by atomic mass is 10.0. The van der Waals surface area contributed by atoms with E-state index in [4.69, 9.17) is 22.9 Å². The summed E-state index contributed by atoms with van der Waals surface area (Å²) in [6.07, 6.45) is 5.34. The zero-order chi connectivity index (χ0) is 34.8. The maximum atomic E-state index is 13.4. The van der Waals surface area contributed by atoms with Crippen molar-refractivity contribution in [3.8, 4) is 0 Å². The van der Waals surface area contributed by atoms with E-state index in [1.807, 2.05) is 24.3 Å². The molecule has 4 rings (SSSR count). The molecule has 0 bridgehead atoms. The Morgan fingerprint density at radius 3 is 2.44 bits per heavy atom. The molecule has 0 saturated heterocycles. The number of carbonyl (C=O) groups excluding carboxylic acids is 5. The number of H-pyrrole nitrogens is 1. The summed E-state index contributed by atoms with van der Waals surface area (Å²) in [6.45, 7) is -0.263. The van der Waals surface area contributed by atoms with Crippen LogP contribution in [0.4, 0.5) is 4.39 Å². The number of aromatic amines is 1. The van der Waals surface area contributed by atoms with E-state index >= 15 is 0 Å². The van der Waals surface area contributed by atoms with Crippen molar-refractivity contribution in [1.82, 2.24) is 25.8 Å². The molecule has 2 heterocycles. The molecule has 3 aromatic rings. The number of nitrogens with one attached hydrogen (secondary N) is 4. The minimum absolute atomic E-state index is 0.0833. The molecular weight excluding hydrogens is 623 g/mol. The Morgan fingerprint density at radius 2 is 1.73 bits per heavy atom. The monoisotopic (exact) mass is 662 g/mol. The molecule has 15 nitrogen and oxygen atoms in total. The average molecular weight is 663 g/mol. The van der Waals surface area contributed by atoms with Crippen LogP contribution in [-0.4, -0.2) is 83.1 Å². The molecule has 0 saturated carbocycles. The number of nitrogens with two attached hydrogens (primary N) is 4. The molecule has 1 aliphatic heterocycles. The van der Waals surface area contributed by atoms with Gasteiger partial charge in [0.25, 0.3) is 0 Å². The highest BCUT2D eigenvalue weighted by Crippen LogP contribution is 2.20. The van der Waals surface area contributed by atoms with Crippen LogP contribution in [0, 0.1) is 5.82 Å². The summed E-state index contributed by atoms with van der Waals surface area (Å²) in [7, 11) is 0. The number of carbonyl (C=O) groups is 5. The molecule has 254 valence electrons. The zero-order valence-corrected chi connectivity index (χ0v) is 26.0. The largest absolute Gasteiger partial charge is 0.370 e. The number of aliphatic imine (C=N–C) groups is 1. The van der Waals surface area contributed by atoms with Gasteiger partial charge in [0, 0.05) is 36.6 Å². The van der Waals surface area contributed by atoms with Gasteiger partial charge in [0.15, 0.2) is 5.96 Å². The molecule has 16 heteroatoms. The van der Waals surface area contributed by atoms with E-state index in [9.17, 15) is 28.4 Å². The third kappa shape index (κ3) is 9.16. The molecule has 5 amide bonds. The van der Waals surface area contributed by atoms with Crippen LogP contribution in [0.25, 0.3) is 10.9 Å². The van der Waals surface area contributed by atoms with Crippen LogP contribution < -0.4 is 38.9 Å². The standard InChI is InChI=1S/C32H39FN10O5/c33-20-11-9-18(10-12-20)27(34)31(48)43-14-4-8-25(43)30(47)42-23(7-3-13-38-32(36)37)29(46)40-17-26(44)41-24(28(35)45)15-19-16-39-22-6-2-1-5-21(19)22/h1-2,4-6,8-12,16,23-25,27,39H,3,7,13-15,17,34H2,(H2,35,45)(H,40,46)(H,41,44)(H,42,47)(H4,36,37,38)/t23-,24-,25-,27?/m0/s1. The summed E-state index contributed by atoms with van der Waals surface area (Å²) in [5.41, 5.74) is 24.5. The fraction of sp³-hybridized carbons (Fsp3) is 0.312. The number of halogens is 1. The number of hydrogen-bond donors (Lipinski definition) is 8. The van der Waals surface area contributed by atoms with Crippen LogP contribution in [-0.2, 0) is 30.4 Å². The van der Waals surface area contributed by atoms with Crippen molar-refractivity contribution < 1.29 is 28.4 Å². The lowest BCUT2D eigenvalue weighted by Gasteiger charge is -2.28. The van der Waals surface area contributed by atoms with Crippen molar-refractivity contribution in [2.45, 2.75) is 43.4 Å². The first-order chi connectivity index (χ1) is 22.9. The number of aromatic nitrogens is 1. The second-order valence-electron chi connectivity index (χ2n) is 11.2.